The maximum atomic E-state index is 12.4. The van der Waals surface area contributed by atoms with E-state index in [2.05, 4.69) is 38.4 Å². The van der Waals surface area contributed by atoms with Crippen molar-refractivity contribution in [2.75, 3.05) is 5.32 Å². The Kier molecular flexibility index (Phi) is 7.59. The zero-order chi connectivity index (χ0) is 23.1. The number of halogens is 1. The summed E-state index contributed by atoms with van der Waals surface area (Å²) < 4.78 is 31.0. The molecule has 164 valence electrons. The van der Waals surface area contributed by atoms with Crippen LogP contribution in [0.3, 0.4) is 0 Å². The number of nitrogens with one attached hydrogen (secondary N) is 2. The molecule has 10 heteroatoms. The van der Waals surface area contributed by atoms with E-state index in [4.69, 9.17) is 4.18 Å². The molecule has 2 amide bonds. The summed E-state index contributed by atoms with van der Waals surface area (Å²) in [6, 6.07) is 18.9. The zero-order valence-corrected chi connectivity index (χ0v) is 19.8. The van der Waals surface area contributed by atoms with Gasteiger partial charge in [0.15, 0.2) is 0 Å². The molecule has 3 aromatic rings. The molecule has 0 saturated heterocycles. The van der Waals surface area contributed by atoms with Crippen molar-refractivity contribution in [1.82, 2.24) is 5.43 Å². The summed E-state index contributed by atoms with van der Waals surface area (Å²) in [5, 5.41) is 6.47. The number of amides is 2. The number of hydrazone groups is 1. The average Bonchev–Trinajstić information content (AvgIpc) is 2.74. The molecule has 0 fully saturated rings. The Morgan fingerprint density at radius 2 is 1.69 bits per heavy atom. The van der Waals surface area contributed by atoms with Crippen LogP contribution in [0.4, 0.5) is 5.69 Å². The number of nitrogens with zero attached hydrogens (tertiary/aromatic N) is 1. The minimum atomic E-state index is -4.04. The molecule has 0 spiro atoms. The summed E-state index contributed by atoms with van der Waals surface area (Å²) in [4.78, 5) is 23.1. The van der Waals surface area contributed by atoms with Gasteiger partial charge in [-0.2, -0.15) is 13.5 Å². The minimum Gasteiger partial charge on any atom is -0.379 e. The van der Waals surface area contributed by atoms with Crippen molar-refractivity contribution < 1.29 is 22.2 Å². The van der Waals surface area contributed by atoms with Crippen LogP contribution in [-0.4, -0.2) is 26.4 Å². The Hall–Kier alpha value is -3.25. The molecular formula is C22H18IN3O5S. The first-order valence-corrected chi connectivity index (χ1v) is 11.7. The van der Waals surface area contributed by atoms with Crippen LogP contribution in [0.5, 0.6) is 5.75 Å². The maximum absolute atomic E-state index is 12.4. The van der Waals surface area contributed by atoms with Crippen LogP contribution < -0.4 is 14.9 Å². The Morgan fingerprint density at radius 3 is 2.31 bits per heavy atom. The Labute approximate surface area is 199 Å². The lowest BCUT2D eigenvalue weighted by atomic mass is 10.2. The van der Waals surface area contributed by atoms with Gasteiger partial charge in [0.05, 0.1) is 6.21 Å². The van der Waals surface area contributed by atoms with E-state index >= 15 is 0 Å². The van der Waals surface area contributed by atoms with Gasteiger partial charge in [0.2, 0.25) is 5.91 Å². The lowest BCUT2D eigenvalue weighted by Gasteiger charge is -2.08. The van der Waals surface area contributed by atoms with Gasteiger partial charge in [0, 0.05) is 21.7 Å². The van der Waals surface area contributed by atoms with E-state index in [0.29, 0.717) is 16.8 Å². The largest absolute Gasteiger partial charge is 0.379 e. The number of benzene rings is 3. The first-order chi connectivity index (χ1) is 15.2. The van der Waals surface area contributed by atoms with Crippen molar-refractivity contribution >= 4 is 56.4 Å². The minimum absolute atomic E-state index is 0.0458. The summed E-state index contributed by atoms with van der Waals surface area (Å²) in [5.74, 6) is -0.471. The van der Waals surface area contributed by atoms with Crippen molar-refractivity contribution in [3.8, 4) is 5.75 Å². The second-order valence-corrected chi connectivity index (χ2v) is 9.31. The molecule has 3 aromatic carbocycles. The third kappa shape index (κ3) is 6.62. The van der Waals surface area contributed by atoms with Crippen LogP contribution in [0.2, 0.25) is 0 Å². The van der Waals surface area contributed by atoms with Gasteiger partial charge in [-0.15, -0.1) is 0 Å². The van der Waals surface area contributed by atoms with E-state index in [0.717, 1.165) is 3.57 Å². The van der Waals surface area contributed by atoms with Gasteiger partial charge >= 0.3 is 10.1 Å². The molecule has 32 heavy (non-hydrogen) atoms. The molecule has 0 atom stereocenters. The summed E-state index contributed by atoms with van der Waals surface area (Å²) in [6.07, 6.45) is 1.44. The molecule has 0 heterocycles. The van der Waals surface area contributed by atoms with Crippen molar-refractivity contribution in [3.63, 3.8) is 0 Å². The van der Waals surface area contributed by atoms with Crippen LogP contribution in [-0.2, 0) is 14.9 Å². The summed E-state index contributed by atoms with van der Waals surface area (Å²) in [7, 11) is -4.04. The van der Waals surface area contributed by atoms with Crippen molar-refractivity contribution in [3.05, 3.63) is 87.5 Å². The molecule has 2 N–H and O–H groups in total. The fourth-order valence-corrected chi connectivity index (χ4v) is 4.03. The van der Waals surface area contributed by atoms with Gasteiger partial charge < -0.3 is 9.50 Å². The van der Waals surface area contributed by atoms with E-state index < -0.39 is 10.1 Å². The second kappa shape index (κ2) is 10.4. The number of carbonyl (C=O) groups is 2. The first-order valence-electron chi connectivity index (χ1n) is 9.24. The van der Waals surface area contributed by atoms with E-state index in [1.165, 1.54) is 49.5 Å². The van der Waals surface area contributed by atoms with Gasteiger partial charge in [0.1, 0.15) is 10.6 Å². The van der Waals surface area contributed by atoms with Crippen LogP contribution in [0.1, 0.15) is 22.8 Å². The molecule has 0 aliphatic heterocycles. The number of carbonyl (C=O) groups excluding carboxylic acids is 2. The highest BCUT2D eigenvalue weighted by atomic mass is 127. The molecule has 0 aliphatic rings. The van der Waals surface area contributed by atoms with E-state index in [1.54, 1.807) is 30.3 Å². The molecular weight excluding hydrogens is 545 g/mol. The predicted molar refractivity (Wildman–Crippen MR) is 129 cm³/mol. The monoisotopic (exact) mass is 563 g/mol. The van der Waals surface area contributed by atoms with Gasteiger partial charge in [-0.1, -0.05) is 6.07 Å². The topological polar surface area (TPSA) is 114 Å². The van der Waals surface area contributed by atoms with Crippen molar-refractivity contribution in [2.45, 2.75) is 11.8 Å². The Bertz CT molecular complexity index is 1260. The third-order valence-electron chi connectivity index (χ3n) is 4.02. The van der Waals surface area contributed by atoms with Crippen LogP contribution in [0.15, 0.2) is 82.8 Å². The van der Waals surface area contributed by atoms with Gasteiger partial charge in [-0.25, -0.2) is 5.43 Å². The quantitative estimate of drug-likeness (QED) is 0.197. The lowest BCUT2D eigenvalue weighted by molar-refractivity contribution is -0.114. The van der Waals surface area contributed by atoms with Gasteiger partial charge in [-0.05, 0) is 94.9 Å². The number of hydrogen-bond donors (Lipinski definition) is 2. The number of anilines is 1. The SMILES string of the molecule is CC(=O)Nc1ccc(S(=O)(=O)Oc2ccc(/C=N\NC(=O)c3cccc(I)c3)cc2)cc1. The number of hydrogen-bond acceptors (Lipinski definition) is 6. The fraction of sp³-hybridized carbons (Fsp3) is 0.0455. The van der Waals surface area contributed by atoms with Gasteiger partial charge in [-0.3, -0.25) is 9.59 Å². The first kappa shape index (κ1) is 23.4. The van der Waals surface area contributed by atoms with E-state index in [9.17, 15) is 18.0 Å². The summed E-state index contributed by atoms with van der Waals surface area (Å²) in [6.45, 7) is 1.36. The van der Waals surface area contributed by atoms with Crippen molar-refractivity contribution in [2.24, 2.45) is 5.10 Å². The maximum Gasteiger partial charge on any atom is 0.339 e. The molecule has 0 bridgehead atoms. The highest BCUT2D eigenvalue weighted by Crippen LogP contribution is 2.20. The summed E-state index contributed by atoms with van der Waals surface area (Å²) in [5.41, 5.74) is 4.05. The van der Waals surface area contributed by atoms with E-state index in [-0.39, 0.29) is 22.5 Å². The predicted octanol–water partition coefficient (Wildman–Crippen LogP) is 3.78. The fourth-order valence-electron chi connectivity index (χ4n) is 2.55. The highest BCUT2D eigenvalue weighted by molar-refractivity contribution is 14.1. The molecule has 0 radical (unpaired) electrons. The normalized spacial score (nSPS) is 11.2. The van der Waals surface area contributed by atoms with Crippen molar-refractivity contribution in [1.29, 1.82) is 0 Å². The molecule has 8 nitrogen and oxygen atoms in total. The van der Waals surface area contributed by atoms with E-state index in [1.807, 2.05) is 6.07 Å². The third-order valence-corrected chi connectivity index (χ3v) is 5.95. The van der Waals surface area contributed by atoms with Crippen LogP contribution >= 0.6 is 22.6 Å². The highest BCUT2D eigenvalue weighted by Gasteiger charge is 2.16. The average molecular weight is 563 g/mol. The van der Waals surface area contributed by atoms with Crippen LogP contribution in [0.25, 0.3) is 0 Å². The van der Waals surface area contributed by atoms with Gasteiger partial charge in [0.25, 0.3) is 5.91 Å². The number of rotatable bonds is 7. The van der Waals surface area contributed by atoms with Crippen LogP contribution in [0, 0.1) is 3.57 Å². The zero-order valence-electron chi connectivity index (χ0n) is 16.8. The molecule has 3 rings (SSSR count). The Balaban J connectivity index is 1.60. The second-order valence-electron chi connectivity index (χ2n) is 6.52. The molecule has 0 saturated carbocycles. The molecule has 0 unspecified atom stereocenters. The summed E-state index contributed by atoms with van der Waals surface area (Å²) >= 11 is 2.12. The molecule has 0 aliphatic carbocycles. The smallest absolute Gasteiger partial charge is 0.339 e. The lowest BCUT2D eigenvalue weighted by Crippen LogP contribution is -2.17. The standard InChI is InChI=1S/C22H18IN3O5S/c1-15(27)25-19-7-11-21(12-8-19)32(29,30)31-20-9-5-16(6-10-20)14-24-26-22(28)17-3-2-4-18(23)13-17/h2-14H,1H3,(H,25,27)(H,26,28)/b24-14-. The Morgan fingerprint density at radius 1 is 1.00 bits per heavy atom. The molecule has 0 aromatic heterocycles.